The number of carbonyl (C=O) groups is 1. The number of para-hydroxylation sites is 1. The van der Waals surface area contributed by atoms with Gasteiger partial charge in [-0.2, -0.15) is 0 Å². The maximum atomic E-state index is 13.2. The molecule has 0 spiro atoms. The highest BCUT2D eigenvalue weighted by molar-refractivity contribution is 7.91. The number of hydrogen-bond acceptors (Lipinski definition) is 6. The number of amides is 1. The Morgan fingerprint density at radius 1 is 1.10 bits per heavy atom. The second-order valence-electron chi connectivity index (χ2n) is 6.64. The zero-order chi connectivity index (χ0) is 20.5. The summed E-state index contributed by atoms with van der Waals surface area (Å²) in [5, 5.41) is 0.405. The van der Waals surface area contributed by atoms with Crippen molar-refractivity contribution in [2.24, 2.45) is 0 Å². The summed E-state index contributed by atoms with van der Waals surface area (Å²) in [5.41, 5.74) is 0.689. The van der Waals surface area contributed by atoms with Gasteiger partial charge in [0.2, 0.25) is 0 Å². The van der Waals surface area contributed by atoms with Crippen molar-refractivity contribution in [2.75, 3.05) is 38.3 Å². The largest absolute Gasteiger partial charge is 0.308 e. The summed E-state index contributed by atoms with van der Waals surface area (Å²) in [4.78, 5) is 21.1. The summed E-state index contributed by atoms with van der Waals surface area (Å²) in [5.74, 6) is -0.740. The van der Waals surface area contributed by atoms with Gasteiger partial charge >= 0.3 is 0 Å². The fourth-order valence-electron chi connectivity index (χ4n) is 2.66. The molecule has 3 rings (SSSR count). The molecule has 0 bridgehead atoms. The van der Waals surface area contributed by atoms with E-state index in [1.807, 2.05) is 19.0 Å². The average molecular weight is 458 g/mol. The molecular weight excluding hydrogens is 437 g/mol. The van der Waals surface area contributed by atoms with Gasteiger partial charge in [0.1, 0.15) is 11.3 Å². The molecule has 0 aliphatic rings. The lowest BCUT2D eigenvalue weighted by Gasteiger charge is -2.22. The molecule has 29 heavy (non-hydrogen) atoms. The fourth-order valence-corrected chi connectivity index (χ4v) is 4.57. The molecule has 2 aromatic carbocycles. The minimum absolute atomic E-state index is 0. The van der Waals surface area contributed by atoms with Crippen molar-refractivity contribution in [3.8, 4) is 0 Å². The third kappa shape index (κ3) is 5.30. The highest BCUT2D eigenvalue weighted by Crippen LogP contribution is 2.33. The number of likely N-dealkylation sites (N-methyl/N-ethyl adjacent to an activating group) is 1. The number of fused-ring (bicyclic) bond motifs is 1. The summed E-state index contributed by atoms with van der Waals surface area (Å²) >= 11 is 1.25. The Morgan fingerprint density at radius 3 is 2.34 bits per heavy atom. The number of rotatable bonds is 6. The molecule has 0 aliphatic heterocycles. The first-order chi connectivity index (χ1) is 13.2. The summed E-state index contributed by atoms with van der Waals surface area (Å²) in [6, 6.07) is 10.3. The van der Waals surface area contributed by atoms with Crippen LogP contribution in [0.1, 0.15) is 10.4 Å². The van der Waals surface area contributed by atoms with E-state index < -0.39 is 15.7 Å². The first-order valence-corrected chi connectivity index (χ1v) is 11.2. The van der Waals surface area contributed by atoms with Crippen molar-refractivity contribution in [3.05, 3.63) is 53.8 Å². The average Bonchev–Trinajstić information content (AvgIpc) is 3.04. The lowest BCUT2D eigenvalue weighted by atomic mass is 10.2. The Kier molecular flexibility index (Phi) is 7.34. The standard InChI is InChI=1S/C19H20FN3O3S2.ClH/c1-22(2)11-12-23(18(24)13-7-9-14(20)10-8-13)19-21-17-15(27-19)5-4-6-16(17)28(3,25)26;/h4-10H,11-12H2,1-3H3;1H. The van der Waals surface area contributed by atoms with Crippen LogP contribution < -0.4 is 4.90 Å². The van der Waals surface area contributed by atoms with E-state index in [2.05, 4.69) is 4.98 Å². The molecule has 1 aromatic heterocycles. The minimum Gasteiger partial charge on any atom is -0.308 e. The Morgan fingerprint density at radius 2 is 1.76 bits per heavy atom. The minimum atomic E-state index is -3.45. The number of thiazole rings is 1. The number of nitrogens with zero attached hydrogens (tertiary/aromatic N) is 3. The van der Waals surface area contributed by atoms with Crippen LogP contribution in [-0.4, -0.2) is 57.6 Å². The molecular formula is C19H21ClFN3O3S2. The molecule has 0 radical (unpaired) electrons. The Balaban J connectivity index is 0.00000300. The SMILES string of the molecule is CN(C)CCN(C(=O)c1ccc(F)cc1)c1nc2c(S(C)(=O)=O)cccc2s1.Cl. The second-order valence-corrected chi connectivity index (χ2v) is 9.63. The van der Waals surface area contributed by atoms with E-state index in [0.29, 0.717) is 34.0 Å². The molecule has 0 aliphatic carbocycles. The van der Waals surface area contributed by atoms with E-state index in [4.69, 9.17) is 0 Å². The Bertz CT molecular complexity index is 1120. The van der Waals surface area contributed by atoms with Gasteiger partial charge in [-0.1, -0.05) is 17.4 Å². The van der Waals surface area contributed by atoms with Crippen molar-refractivity contribution < 1.29 is 17.6 Å². The number of hydrogen-bond donors (Lipinski definition) is 0. The van der Waals surface area contributed by atoms with Crippen LogP contribution in [0.5, 0.6) is 0 Å². The third-order valence-corrected chi connectivity index (χ3v) is 6.28. The number of halogens is 2. The number of carbonyl (C=O) groups excluding carboxylic acids is 1. The molecule has 0 N–H and O–H groups in total. The summed E-state index contributed by atoms with van der Waals surface area (Å²) in [7, 11) is 0.325. The van der Waals surface area contributed by atoms with Gasteiger partial charge in [-0.15, -0.1) is 12.4 Å². The van der Waals surface area contributed by atoms with Gasteiger partial charge in [-0.3, -0.25) is 9.69 Å². The molecule has 3 aromatic rings. The normalized spacial score (nSPS) is 11.5. The lowest BCUT2D eigenvalue weighted by Crippen LogP contribution is -2.36. The van der Waals surface area contributed by atoms with Crippen LogP contribution in [0.25, 0.3) is 10.2 Å². The van der Waals surface area contributed by atoms with E-state index >= 15 is 0 Å². The van der Waals surface area contributed by atoms with E-state index in [9.17, 15) is 17.6 Å². The van der Waals surface area contributed by atoms with Gasteiger partial charge < -0.3 is 4.90 Å². The van der Waals surface area contributed by atoms with Crippen LogP contribution in [0.2, 0.25) is 0 Å². The smallest absolute Gasteiger partial charge is 0.260 e. The predicted octanol–water partition coefficient (Wildman–Crippen LogP) is 3.47. The van der Waals surface area contributed by atoms with Crippen molar-refractivity contribution >= 4 is 54.8 Å². The Hall–Kier alpha value is -2.07. The van der Waals surface area contributed by atoms with Crippen LogP contribution in [0.3, 0.4) is 0 Å². The van der Waals surface area contributed by atoms with E-state index in [0.717, 1.165) is 6.26 Å². The van der Waals surface area contributed by atoms with Crippen LogP contribution >= 0.6 is 23.7 Å². The predicted molar refractivity (Wildman–Crippen MR) is 117 cm³/mol. The molecule has 0 atom stereocenters. The number of aromatic nitrogens is 1. The van der Waals surface area contributed by atoms with Gasteiger partial charge in [-0.25, -0.2) is 17.8 Å². The van der Waals surface area contributed by atoms with E-state index in [1.165, 1.54) is 46.6 Å². The number of sulfone groups is 1. The Labute approximate surface area is 179 Å². The molecule has 156 valence electrons. The van der Waals surface area contributed by atoms with Gasteiger partial charge in [-0.05, 0) is 50.5 Å². The van der Waals surface area contributed by atoms with E-state index in [1.54, 1.807) is 12.1 Å². The number of benzene rings is 2. The summed E-state index contributed by atoms with van der Waals surface area (Å²) < 4.78 is 38.0. The van der Waals surface area contributed by atoms with Gasteiger partial charge in [0, 0.05) is 24.9 Å². The molecule has 0 unspecified atom stereocenters. The van der Waals surface area contributed by atoms with Crippen molar-refractivity contribution in [2.45, 2.75) is 4.90 Å². The van der Waals surface area contributed by atoms with Crippen molar-refractivity contribution in [1.29, 1.82) is 0 Å². The second kappa shape index (κ2) is 9.17. The fraction of sp³-hybridized carbons (Fsp3) is 0.263. The molecule has 0 saturated heterocycles. The van der Waals surface area contributed by atoms with Gasteiger partial charge in [0.15, 0.2) is 15.0 Å². The summed E-state index contributed by atoms with van der Waals surface area (Å²) in [6.07, 6.45) is 1.13. The molecule has 0 saturated carbocycles. The van der Waals surface area contributed by atoms with Crippen LogP contribution in [0.15, 0.2) is 47.4 Å². The molecule has 1 heterocycles. The quantitative estimate of drug-likeness (QED) is 0.566. The van der Waals surface area contributed by atoms with Crippen LogP contribution in [0.4, 0.5) is 9.52 Å². The first-order valence-electron chi connectivity index (χ1n) is 8.48. The first kappa shape index (κ1) is 23.2. The zero-order valence-electron chi connectivity index (χ0n) is 16.1. The third-order valence-electron chi connectivity index (χ3n) is 4.11. The topological polar surface area (TPSA) is 70.6 Å². The highest BCUT2D eigenvalue weighted by atomic mass is 35.5. The van der Waals surface area contributed by atoms with Crippen molar-refractivity contribution in [1.82, 2.24) is 9.88 Å². The maximum Gasteiger partial charge on any atom is 0.260 e. The molecule has 0 fully saturated rings. The van der Waals surface area contributed by atoms with Gasteiger partial charge in [0.05, 0.1) is 9.60 Å². The number of anilines is 1. The monoisotopic (exact) mass is 457 g/mol. The molecule has 6 nitrogen and oxygen atoms in total. The van der Waals surface area contributed by atoms with Gasteiger partial charge in [0.25, 0.3) is 5.91 Å². The van der Waals surface area contributed by atoms with Crippen LogP contribution in [0, 0.1) is 5.82 Å². The summed E-state index contributed by atoms with van der Waals surface area (Å²) in [6.45, 7) is 0.943. The van der Waals surface area contributed by atoms with Crippen molar-refractivity contribution in [3.63, 3.8) is 0 Å². The molecule has 10 heteroatoms. The highest BCUT2D eigenvalue weighted by Gasteiger charge is 2.23. The zero-order valence-corrected chi connectivity index (χ0v) is 18.6. The maximum absolute atomic E-state index is 13.2. The lowest BCUT2D eigenvalue weighted by molar-refractivity contribution is 0.0985. The van der Waals surface area contributed by atoms with E-state index in [-0.39, 0.29) is 23.2 Å². The van der Waals surface area contributed by atoms with Crippen LogP contribution in [-0.2, 0) is 9.84 Å². The molecule has 1 amide bonds.